The molecule has 0 heterocycles. The van der Waals surface area contributed by atoms with E-state index in [1.165, 1.54) is 19.2 Å². The second-order valence-corrected chi connectivity index (χ2v) is 2.78. The molecule has 0 aliphatic carbocycles. The summed E-state index contributed by atoms with van der Waals surface area (Å²) in [5.41, 5.74) is 0.597. The standard InChI is InChI=1S/C9H10FNO3/c1-14-9-3-2-7(6-8(9)10)4-5-11(12)13/h2-3,6H,4-5H2,1H3. The molecular formula is C9H10FNO3. The van der Waals surface area contributed by atoms with Gasteiger partial charge in [-0.05, 0) is 17.7 Å². The van der Waals surface area contributed by atoms with Crippen LogP contribution in [0.4, 0.5) is 4.39 Å². The number of benzene rings is 1. The number of halogens is 1. The largest absolute Gasteiger partial charge is 0.494 e. The number of methoxy groups -OCH3 is 1. The lowest BCUT2D eigenvalue weighted by molar-refractivity contribution is -0.479. The first-order chi connectivity index (χ1) is 6.63. The molecule has 0 fully saturated rings. The van der Waals surface area contributed by atoms with Crippen LogP contribution in [0.2, 0.25) is 0 Å². The van der Waals surface area contributed by atoms with Gasteiger partial charge in [-0.3, -0.25) is 10.1 Å². The van der Waals surface area contributed by atoms with Gasteiger partial charge < -0.3 is 4.74 Å². The van der Waals surface area contributed by atoms with E-state index in [4.69, 9.17) is 4.74 Å². The van der Waals surface area contributed by atoms with Gasteiger partial charge in [0, 0.05) is 11.3 Å². The van der Waals surface area contributed by atoms with Crippen LogP contribution in [0.15, 0.2) is 18.2 Å². The Morgan fingerprint density at radius 3 is 2.79 bits per heavy atom. The average Bonchev–Trinajstić information content (AvgIpc) is 2.15. The number of hydrogen-bond acceptors (Lipinski definition) is 3. The Labute approximate surface area is 80.5 Å². The van der Waals surface area contributed by atoms with E-state index in [0.29, 0.717) is 5.56 Å². The fourth-order valence-electron chi connectivity index (χ4n) is 1.09. The second-order valence-electron chi connectivity index (χ2n) is 2.78. The summed E-state index contributed by atoms with van der Waals surface area (Å²) in [7, 11) is 1.37. The normalized spacial score (nSPS) is 9.86. The summed E-state index contributed by atoms with van der Waals surface area (Å²) in [6.07, 6.45) is 0.230. The Kier molecular flexibility index (Phi) is 3.39. The summed E-state index contributed by atoms with van der Waals surface area (Å²) in [6, 6.07) is 4.33. The molecule has 0 N–H and O–H groups in total. The minimum atomic E-state index is -0.492. The van der Waals surface area contributed by atoms with Gasteiger partial charge in [0.05, 0.1) is 7.11 Å². The highest BCUT2D eigenvalue weighted by Crippen LogP contribution is 2.17. The third-order valence-electron chi connectivity index (χ3n) is 1.80. The zero-order valence-corrected chi connectivity index (χ0v) is 7.70. The van der Waals surface area contributed by atoms with Crippen LogP contribution in [0.1, 0.15) is 5.56 Å². The van der Waals surface area contributed by atoms with Crippen molar-refractivity contribution in [2.75, 3.05) is 13.7 Å². The van der Waals surface area contributed by atoms with Gasteiger partial charge in [0.15, 0.2) is 11.6 Å². The Morgan fingerprint density at radius 2 is 2.29 bits per heavy atom. The molecule has 14 heavy (non-hydrogen) atoms. The predicted octanol–water partition coefficient (Wildman–Crippen LogP) is 1.65. The third kappa shape index (κ3) is 2.69. The van der Waals surface area contributed by atoms with Crippen LogP contribution in [-0.4, -0.2) is 18.6 Å². The molecule has 0 radical (unpaired) electrons. The maximum absolute atomic E-state index is 13.1. The topological polar surface area (TPSA) is 52.4 Å². The van der Waals surface area contributed by atoms with Crippen molar-refractivity contribution >= 4 is 0 Å². The molecule has 0 saturated heterocycles. The second kappa shape index (κ2) is 4.55. The number of ether oxygens (including phenoxy) is 1. The molecule has 1 aromatic rings. The number of hydrogen-bond donors (Lipinski definition) is 0. The molecule has 0 atom stereocenters. The summed E-state index contributed by atoms with van der Waals surface area (Å²) in [4.78, 5) is 9.64. The molecule has 4 nitrogen and oxygen atoms in total. The van der Waals surface area contributed by atoms with Gasteiger partial charge in [-0.15, -0.1) is 0 Å². The first kappa shape index (κ1) is 10.4. The Bertz CT molecular complexity index is 341. The van der Waals surface area contributed by atoms with E-state index in [1.54, 1.807) is 6.07 Å². The van der Waals surface area contributed by atoms with E-state index < -0.39 is 10.7 Å². The molecule has 0 aromatic heterocycles. The Hall–Kier alpha value is -1.65. The van der Waals surface area contributed by atoms with Crippen molar-refractivity contribution < 1.29 is 14.1 Å². The van der Waals surface area contributed by atoms with Crippen molar-refractivity contribution in [3.05, 3.63) is 39.7 Å². The van der Waals surface area contributed by atoms with Crippen molar-refractivity contribution in [1.82, 2.24) is 0 Å². The zero-order chi connectivity index (χ0) is 10.6. The SMILES string of the molecule is COc1ccc(CC[N+](=O)[O-])cc1F. The molecule has 0 aliphatic heterocycles. The zero-order valence-electron chi connectivity index (χ0n) is 7.70. The molecule has 0 unspecified atom stereocenters. The number of nitrogens with zero attached hydrogens (tertiary/aromatic N) is 1. The minimum absolute atomic E-state index is 0.148. The van der Waals surface area contributed by atoms with E-state index in [2.05, 4.69) is 0 Å². The summed E-state index contributed by atoms with van der Waals surface area (Å²) in [6.45, 7) is -0.189. The first-order valence-corrected chi connectivity index (χ1v) is 4.07. The van der Waals surface area contributed by atoms with Crippen molar-refractivity contribution in [1.29, 1.82) is 0 Å². The van der Waals surface area contributed by atoms with Gasteiger partial charge in [-0.25, -0.2) is 4.39 Å². The maximum Gasteiger partial charge on any atom is 0.207 e. The summed E-state index contributed by atoms with van der Waals surface area (Å²) < 4.78 is 17.8. The van der Waals surface area contributed by atoms with Crippen LogP contribution in [-0.2, 0) is 6.42 Å². The van der Waals surface area contributed by atoms with Crippen molar-refractivity contribution in [2.24, 2.45) is 0 Å². The van der Waals surface area contributed by atoms with Gasteiger partial charge in [-0.2, -0.15) is 0 Å². The smallest absolute Gasteiger partial charge is 0.207 e. The highest BCUT2D eigenvalue weighted by Gasteiger charge is 2.05. The lowest BCUT2D eigenvalue weighted by Gasteiger charge is -2.03. The lowest BCUT2D eigenvalue weighted by atomic mass is 10.1. The molecular weight excluding hydrogens is 189 g/mol. The molecule has 0 aliphatic rings. The minimum Gasteiger partial charge on any atom is -0.494 e. The van der Waals surface area contributed by atoms with Crippen molar-refractivity contribution in [3.8, 4) is 5.75 Å². The highest BCUT2D eigenvalue weighted by atomic mass is 19.1. The first-order valence-electron chi connectivity index (χ1n) is 4.07. The van der Waals surface area contributed by atoms with Crippen LogP contribution in [0.5, 0.6) is 5.75 Å². The fourth-order valence-corrected chi connectivity index (χ4v) is 1.09. The van der Waals surface area contributed by atoms with Gasteiger partial charge in [0.25, 0.3) is 0 Å². The van der Waals surface area contributed by atoms with Crippen LogP contribution >= 0.6 is 0 Å². The quantitative estimate of drug-likeness (QED) is 0.547. The Balaban J connectivity index is 2.71. The van der Waals surface area contributed by atoms with Gasteiger partial charge in [-0.1, -0.05) is 6.07 Å². The lowest BCUT2D eigenvalue weighted by Crippen LogP contribution is -2.04. The average molecular weight is 199 g/mol. The van der Waals surface area contributed by atoms with E-state index in [9.17, 15) is 14.5 Å². The number of rotatable bonds is 4. The molecule has 0 saturated carbocycles. The number of nitro groups is 1. The molecule has 76 valence electrons. The molecule has 0 amide bonds. The van der Waals surface area contributed by atoms with Crippen molar-refractivity contribution in [3.63, 3.8) is 0 Å². The molecule has 5 heteroatoms. The molecule has 1 rings (SSSR count). The van der Waals surface area contributed by atoms with Crippen LogP contribution < -0.4 is 4.74 Å². The van der Waals surface area contributed by atoms with Crippen LogP contribution in [0.3, 0.4) is 0 Å². The molecule has 0 spiro atoms. The maximum atomic E-state index is 13.1. The summed E-state index contributed by atoms with van der Waals surface area (Å²) in [5.74, 6) is -0.344. The van der Waals surface area contributed by atoms with Crippen molar-refractivity contribution in [2.45, 2.75) is 6.42 Å². The Morgan fingerprint density at radius 1 is 1.57 bits per heavy atom. The van der Waals surface area contributed by atoms with E-state index >= 15 is 0 Å². The molecule has 1 aromatic carbocycles. The van der Waals surface area contributed by atoms with Crippen LogP contribution in [0.25, 0.3) is 0 Å². The molecule has 0 bridgehead atoms. The summed E-state index contributed by atoms with van der Waals surface area (Å²) in [5, 5.41) is 10.1. The highest BCUT2D eigenvalue weighted by molar-refractivity contribution is 5.29. The fraction of sp³-hybridized carbons (Fsp3) is 0.333. The van der Waals surface area contributed by atoms with Gasteiger partial charge in [0.1, 0.15) is 0 Å². The van der Waals surface area contributed by atoms with E-state index in [1.807, 2.05) is 0 Å². The van der Waals surface area contributed by atoms with Gasteiger partial charge in [0.2, 0.25) is 6.54 Å². The van der Waals surface area contributed by atoms with E-state index in [-0.39, 0.29) is 18.7 Å². The predicted molar refractivity (Wildman–Crippen MR) is 48.5 cm³/mol. The third-order valence-corrected chi connectivity index (χ3v) is 1.80. The van der Waals surface area contributed by atoms with Gasteiger partial charge >= 0.3 is 0 Å². The summed E-state index contributed by atoms with van der Waals surface area (Å²) >= 11 is 0. The van der Waals surface area contributed by atoms with E-state index in [0.717, 1.165) is 0 Å². The van der Waals surface area contributed by atoms with Crippen LogP contribution in [0, 0.1) is 15.9 Å². The monoisotopic (exact) mass is 199 g/mol.